The van der Waals surface area contributed by atoms with Gasteiger partial charge in [0, 0.05) is 11.5 Å². The number of aromatic nitrogens is 2. The summed E-state index contributed by atoms with van der Waals surface area (Å²) in [6, 6.07) is 2.24. The summed E-state index contributed by atoms with van der Waals surface area (Å²) in [7, 11) is 0. The lowest BCUT2D eigenvalue weighted by molar-refractivity contribution is 0.0937. The molecule has 1 aliphatic carbocycles. The predicted octanol–water partition coefficient (Wildman–Crippen LogP) is 3.77. The van der Waals surface area contributed by atoms with Gasteiger partial charge in [0.1, 0.15) is 4.83 Å². The number of fused-ring (bicyclic) bond motifs is 3. The van der Waals surface area contributed by atoms with Gasteiger partial charge < -0.3 is 4.74 Å². The summed E-state index contributed by atoms with van der Waals surface area (Å²) in [4.78, 5) is 20.4. The molecule has 26 heavy (non-hydrogen) atoms. The molecule has 2 aromatic heterocycles. The van der Waals surface area contributed by atoms with Gasteiger partial charge in [0.25, 0.3) is 5.56 Å². The average Bonchev–Trinajstić information content (AvgIpc) is 3.24. The molecule has 1 fully saturated rings. The highest BCUT2D eigenvalue weighted by Gasteiger charge is 2.26. The van der Waals surface area contributed by atoms with Crippen LogP contribution in [0.3, 0.4) is 0 Å². The molecule has 5 nitrogen and oxygen atoms in total. The van der Waals surface area contributed by atoms with Crippen molar-refractivity contribution >= 4 is 33.3 Å². The third-order valence-corrected chi connectivity index (χ3v) is 7.38. The fourth-order valence-corrected chi connectivity index (χ4v) is 6.06. The molecule has 0 radical (unpaired) electrons. The molecule has 138 valence electrons. The maximum absolute atomic E-state index is 13.4. The monoisotopic (exact) mass is 389 g/mol. The van der Waals surface area contributed by atoms with Crippen LogP contribution in [0, 0.1) is 17.2 Å². The van der Waals surface area contributed by atoms with Gasteiger partial charge in [0.05, 0.1) is 29.4 Å². The van der Waals surface area contributed by atoms with Crippen molar-refractivity contribution in [2.75, 3.05) is 6.61 Å². The zero-order valence-electron chi connectivity index (χ0n) is 15.2. The van der Waals surface area contributed by atoms with Crippen LogP contribution in [0.25, 0.3) is 10.2 Å². The first kappa shape index (κ1) is 18.0. The highest BCUT2D eigenvalue weighted by atomic mass is 32.2. The number of rotatable bonds is 4. The molecule has 3 atom stereocenters. The molecule has 2 aromatic rings. The molecular formula is C19H23N3O2S2. The Balaban J connectivity index is 1.84. The zero-order chi connectivity index (χ0) is 18.3. The Morgan fingerprint density at radius 1 is 1.50 bits per heavy atom. The van der Waals surface area contributed by atoms with Gasteiger partial charge in [-0.15, -0.1) is 11.3 Å². The Hall–Kier alpha value is -1.36. The standard InChI is InChI=1S/C19H23N3O2S2/c1-11-5-6-14-15(8-11)26-17-16(14)18(23)22(10-13-4-3-7-24-13)19(21-17)25-12(2)9-20/h11-13H,3-8,10H2,1-2H3. The van der Waals surface area contributed by atoms with Crippen molar-refractivity contribution < 1.29 is 4.74 Å². The highest BCUT2D eigenvalue weighted by Crippen LogP contribution is 2.37. The highest BCUT2D eigenvalue weighted by molar-refractivity contribution is 8.00. The lowest BCUT2D eigenvalue weighted by Gasteiger charge is -2.18. The van der Waals surface area contributed by atoms with Crippen molar-refractivity contribution in [2.45, 2.75) is 69.0 Å². The van der Waals surface area contributed by atoms with Crippen molar-refractivity contribution in [3.8, 4) is 6.07 Å². The van der Waals surface area contributed by atoms with Crippen LogP contribution in [-0.4, -0.2) is 27.5 Å². The van der Waals surface area contributed by atoms with Crippen LogP contribution < -0.4 is 5.56 Å². The molecule has 0 bridgehead atoms. The third kappa shape index (κ3) is 3.30. The first-order chi connectivity index (χ1) is 12.6. The fraction of sp³-hybridized carbons (Fsp3) is 0.632. The van der Waals surface area contributed by atoms with E-state index in [4.69, 9.17) is 9.72 Å². The second-order valence-corrected chi connectivity index (χ2v) is 9.76. The summed E-state index contributed by atoms with van der Waals surface area (Å²) >= 11 is 3.04. The SMILES string of the molecule is CC1CCc2c(sc3nc(SC(C)C#N)n(CC4CCCO4)c(=O)c23)C1. The van der Waals surface area contributed by atoms with Gasteiger partial charge in [-0.05, 0) is 50.5 Å². The Bertz CT molecular complexity index is 921. The number of nitrogens with zero attached hydrogens (tertiary/aromatic N) is 3. The first-order valence-corrected chi connectivity index (χ1v) is 11.0. The molecule has 0 spiro atoms. The minimum Gasteiger partial charge on any atom is -0.376 e. The van der Waals surface area contributed by atoms with E-state index < -0.39 is 0 Å². The molecule has 4 rings (SSSR count). The van der Waals surface area contributed by atoms with Crippen molar-refractivity contribution in [2.24, 2.45) is 5.92 Å². The van der Waals surface area contributed by atoms with E-state index in [0.29, 0.717) is 17.6 Å². The number of aryl methyl sites for hydroxylation is 1. The van der Waals surface area contributed by atoms with E-state index in [2.05, 4.69) is 13.0 Å². The molecule has 2 aliphatic rings. The first-order valence-electron chi connectivity index (χ1n) is 9.29. The minimum atomic E-state index is -0.246. The summed E-state index contributed by atoms with van der Waals surface area (Å²) in [5.74, 6) is 0.664. The topological polar surface area (TPSA) is 67.9 Å². The minimum absolute atomic E-state index is 0.0465. The van der Waals surface area contributed by atoms with Crippen LogP contribution in [0.4, 0.5) is 0 Å². The maximum atomic E-state index is 13.4. The van der Waals surface area contributed by atoms with E-state index in [-0.39, 0.29) is 16.9 Å². The van der Waals surface area contributed by atoms with Crippen LogP contribution in [0.2, 0.25) is 0 Å². The van der Waals surface area contributed by atoms with Crippen molar-refractivity contribution in [1.29, 1.82) is 5.26 Å². The number of nitriles is 1. The van der Waals surface area contributed by atoms with Gasteiger partial charge in [0.2, 0.25) is 0 Å². The summed E-state index contributed by atoms with van der Waals surface area (Å²) in [6.45, 7) is 5.41. The molecular weight excluding hydrogens is 366 g/mol. The van der Waals surface area contributed by atoms with Crippen LogP contribution in [-0.2, 0) is 24.1 Å². The summed E-state index contributed by atoms with van der Waals surface area (Å²) in [5.41, 5.74) is 1.26. The van der Waals surface area contributed by atoms with Crippen LogP contribution in [0.1, 0.15) is 43.6 Å². The largest absolute Gasteiger partial charge is 0.376 e. The molecule has 0 aromatic carbocycles. The molecule has 7 heteroatoms. The lowest BCUT2D eigenvalue weighted by atomic mass is 9.89. The summed E-state index contributed by atoms with van der Waals surface area (Å²) < 4.78 is 7.53. The van der Waals surface area contributed by atoms with E-state index >= 15 is 0 Å². The molecule has 3 unspecified atom stereocenters. The number of hydrogen-bond donors (Lipinski definition) is 0. The second-order valence-electron chi connectivity index (χ2n) is 7.37. The predicted molar refractivity (Wildman–Crippen MR) is 105 cm³/mol. The normalized spacial score (nSPS) is 23.7. The number of thioether (sulfide) groups is 1. The maximum Gasteiger partial charge on any atom is 0.263 e. The molecule has 0 saturated carbocycles. The Morgan fingerprint density at radius 2 is 2.35 bits per heavy atom. The van der Waals surface area contributed by atoms with Crippen LogP contribution in [0.15, 0.2) is 9.95 Å². The average molecular weight is 390 g/mol. The zero-order valence-corrected chi connectivity index (χ0v) is 16.8. The molecule has 0 N–H and O–H groups in total. The van der Waals surface area contributed by atoms with E-state index in [1.807, 2.05) is 6.92 Å². The van der Waals surface area contributed by atoms with Gasteiger partial charge in [-0.2, -0.15) is 5.26 Å². The van der Waals surface area contributed by atoms with Gasteiger partial charge in [-0.1, -0.05) is 18.7 Å². The van der Waals surface area contributed by atoms with Gasteiger partial charge in [0.15, 0.2) is 5.16 Å². The number of thiophene rings is 1. The molecule has 1 saturated heterocycles. The van der Waals surface area contributed by atoms with Crippen LogP contribution in [0.5, 0.6) is 0 Å². The van der Waals surface area contributed by atoms with Gasteiger partial charge in [-0.3, -0.25) is 9.36 Å². The molecule has 3 heterocycles. The molecule has 0 amide bonds. The Kier molecular flexibility index (Phi) is 5.09. The Morgan fingerprint density at radius 3 is 3.08 bits per heavy atom. The van der Waals surface area contributed by atoms with Crippen molar-refractivity contribution in [3.05, 3.63) is 20.8 Å². The van der Waals surface area contributed by atoms with E-state index in [0.717, 1.165) is 48.9 Å². The number of ether oxygens (including phenoxy) is 1. The lowest BCUT2D eigenvalue weighted by Crippen LogP contribution is -2.29. The van der Waals surface area contributed by atoms with Gasteiger partial charge >= 0.3 is 0 Å². The summed E-state index contributed by atoms with van der Waals surface area (Å²) in [5, 5.41) is 10.4. The fourth-order valence-electron chi connectivity index (χ4n) is 3.83. The van der Waals surface area contributed by atoms with E-state index in [9.17, 15) is 10.1 Å². The van der Waals surface area contributed by atoms with E-state index in [1.54, 1.807) is 15.9 Å². The van der Waals surface area contributed by atoms with Gasteiger partial charge in [-0.25, -0.2) is 4.98 Å². The third-order valence-electron chi connectivity index (χ3n) is 5.25. The molecule has 1 aliphatic heterocycles. The Labute approximate surface area is 161 Å². The quantitative estimate of drug-likeness (QED) is 0.588. The van der Waals surface area contributed by atoms with Crippen molar-refractivity contribution in [3.63, 3.8) is 0 Å². The smallest absolute Gasteiger partial charge is 0.263 e. The second kappa shape index (κ2) is 7.34. The van der Waals surface area contributed by atoms with Crippen molar-refractivity contribution in [1.82, 2.24) is 9.55 Å². The number of hydrogen-bond acceptors (Lipinski definition) is 6. The summed E-state index contributed by atoms with van der Waals surface area (Å²) in [6.07, 6.45) is 5.22. The van der Waals surface area contributed by atoms with E-state index in [1.165, 1.54) is 22.2 Å². The van der Waals surface area contributed by atoms with Crippen LogP contribution >= 0.6 is 23.1 Å².